The van der Waals surface area contributed by atoms with E-state index >= 15 is 0 Å². The zero-order chi connectivity index (χ0) is 17.9. The molecule has 7 heteroatoms. The summed E-state index contributed by atoms with van der Waals surface area (Å²) in [5.74, 6) is 3.28. The number of piperidine rings is 1. The van der Waals surface area contributed by atoms with E-state index in [9.17, 15) is 8.42 Å². The van der Waals surface area contributed by atoms with Crippen LogP contribution in [0, 0.1) is 17.8 Å². The van der Waals surface area contributed by atoms with Crippen LogP contribution >= 0.6 is 0 Å². The SMILES string of the molecule is CCNC(=NCC1CCN(S(C)(=O)=O)CC1)N1CC2CCCCC2C1. The van der Waals surface area contributed by atoms with Crippen molar-refractivity contribution in [2.24, 2.45) is 22.7 Å². The fraction of sp³-hybridized carbons (Fsp3) is 0.944. The molecule has 1 saturated carbocycles. The lowest BCUT2D eigenvalue weighted by Gasteiger charge is -2.30. The number of nitrogens with zero attached hydrogens (tertiary/aromatic N) is 3. The van der Waals surface area contributed by atoms with E-state index in [1.807, 2.05) is 0 Å². The molecule has 0 bridgehead atoms. The van der Waals surface area contributed by atoms with E-state index in [1.165, 1.54) is 31.9 Å². The molecule has 0 spiro atoms. The maximum atomic E-state index is 11.6. The van der Waals surface area contributed by atoms with E-state index in [2.05, 4.69) is 17.1 Å². The Morgan fingerprint density at radius 2 is 1.68 bits per heavy atom. The predicted molar refractivity (Wildman–Crippen MR) is 102 cm³/mol. The van der Waals surface area contributed by atoms with E-state index in [-0.39, 0.29) is 0 Å². The number of guanidine groups is 1. The lowest BCUT2D eigenvalue weighted by Crippen LogP contribution is -2.41. The minimum Gasteiger partial charge on any atom is -0.357 e. The molecule has 1 aliphatic carbocycles. The summed E-state index contributed by atoms with van der Waals surface area (Å²) in [6.45, 7) is 7.44. The van der Waals surface area contributed by atoms with Gasteiger partial charge in [0.25, 0.3) is 0 Å². The summed E-state index contributed by atoms with van der Waals surface area (Å²) in [7, 11) is -3.04. The smallest absolute Gasteiger partial charge is 0.211 e. The van der Waals surface area contributed by atoms with Gasteiger partial charge in [0.05, 0.1) is 6.26 Å². The number of rotatable bonds is 4. The molecular weight excluding hydrogens is 336 g/mol. The second-order valence-corrected chi connectivity index (χ2v) is 9.99. The van der Waals surface area contributed by atoms with Crippen molar-refractivity contribution < 1.29 is 8.42 Å². The number of hydrogen-bond acceptors (Lipinski definition) is 3. The van der Waals surface area contributed by atoms with Gasteiger partial charge in [0.1, 0.15) is 0 Å². The monoisotopic (exact) mass is 370 g/mol. The van der Waals surface area contributed by atoms with E-state index in [0.717, 1.165) is 56.8 Å². The Morgan fingerprint density at radius 3 is 2.20 bits per heavy atom. The van der Waals surface area contributed by atoms with Crippen LogP contribution in [0.25, 0.3) is 0 Å². The zero-order valence-corrected chi connectivity index (χ0v) is 16.6. The predicted octanol–water partition coefficient (Wildman–Crippen LogP) is 1.75. The summed E-state index contributed by atoms with van der Waals surface area (Å²) in [5.41, 5.74) is 0. The number of likely N-dealkylation sites (tertiary alicyclic amines) is 1. The van der Waals surface area contributed by atoms with E-state index in [0.29, 0.717) is 19.0 Å². The summed E-state index contributed by atoms with van der Waals surface area (Å²) < 4.78 is 24.8. The third-order valence-corrected chi connectivity index (χ3v) is 7.46. The van der Waals surface area contributed by atoms with Crippen molar-refractivity contribution in [2.75, 3.05) is 45.5 Å². The molecular formula is C18H34N4O2S. The van der Waals surface area contributed by atoms with Crippen LogP contribution in [0.15, 0.2) is 4.99 Å². The Labute approximate surface area is 153 Å². The minimum atomic E-state index is -3.04. The fourth-order valence-electron chi connectivity index (χ4n) is 4.64. The molecule has 0 aromatic heterocycles. The first-order chi connectivity index (χ1) is 12.0. The molecule has 3 fully saturated rings. The first kappa shape index (κ1) is 19.0. The zero-order valence-electron chi connectivity index (χ0n) is 15.8. The second kappa shape index (κ2) is 8.25. The fourth-order valence-corrected chi connectivity index (χ4v) is 5.52. The molecule has 2 atom stereocenters. The van der Waals surface area contributed by atoms with Crippen LogP contribution in [-0.4, -0.2) is 69.1 Å². The van der Waals surface area contributed by atoms with Crippen LogP contribution in [0.5, 0.6) is 0 Å². The quantitative estimate of drug-likeness (QED) is 0.605. The van der Waals surface area contributed by atoms with Gasteiger partial charge in [-0.15, -0.1) is 0 Å². The van der Waals surface area contributed by atoms with E-state index in [4.69, 9.17) is 4.99 Å². The van der Waals surface area contributed by atoms with Gasteiger partial charge in [-0.05, 0) is 50.4 Å². The normalized spacial score (nSPS) is 29.7. The molecule has 144 valence electrons. The Bertz CT molecular complexity index is 556. The number of sulfonamides is 1. The van der Waals surface area contributed by atoms with Crippen molar-refractivity contribution in [2.45, 2.75) is 45.4 Å². The Kier molecular flexibility index (Phi) is 6.25. The highest BCUT2D eigenvalue weighted by atomic mass is 32.2. The minimum absolute atomic E-state index is 0.497. The van der Waals surface area contributed by atoms with Gasteiger partial charge in [0, 0.05) is 39.3 Å². The van der Waals surface area contributed by atoms with Crippen LogP contribution in [-0.2, 0) is 10.0 Å². The molecule has 2 unspecified atom stereocenters. The lowest BCUT2D eigenvalue weighted by molar-refractivity contribution is 0.279. The lowest BCUT2D eigenvalue weighted by atomic mass is 9.82. The van der Waals surface area contributed by atoms with Gasteiger partial charge in [-0.25, -0.2) is 12.7 Å². The van der Waals surface area contributed by atoms with Gasteiger partial charge in [0.15, 0.2) is 5.96 Å². The first-order valence-electron chi connectivity index (χ1n) is 9.95. The number of fused-ring (bicyclic) bond motifs is 1. The van der Waals surface area contributed by atoms with Gasteiger partial charge in [-0.1, -0.05) is 12.8 Å². The number of hydrogen-bond donors (Lipinski definition) is 1. The third kappa shape index (κ3) is 4.88. The number of aliphatic imine (C=N–C) groups is 1. The van der Waals surface area contributed by atoms with Crippen LogP contribution < -0.4 is 5.32 Å². The molecule has 0 radical (unpaired) electrons. The van der Waals surface area contributed by atoms with Gasteiger partial charge in [0.2, 0.25) is 10.0 Å². The van der Waals surface area contributed by atoms with Crippen molar-refractivity contribution in [1.29, 1.82) is 0 Å². The van der Waals surface area contributed by atoms with Crippen molar-refractivity contribution in [3.8, 4) is 0 Å². The van der Waals surface area contributed by atoms with Crippen molar-refractivity contribution in [1.82, 2.24) is 14.5 Å². The van der Waals surface area contributed by atoms with Crippen molar-refractivity contribution in [3.63, 3.8) is 0 Å². The van der Waals surface area contributed by atoms with E-state index in [1.54, 1.807) is 4.31 Å². The van der Waals surface area contributed by atoms with Crippen LogP contribution in [0.2, 0.25) is 0 Å². The van der Waals surface area contributed by atoms with Gasteiger partial charge in [-0.2, -0.15) is 0 Å². The topological polar surface area (TPSA) is 65.0 Å². The van der Waals surface area contributed by atoms with Crippen LogP contribution in [0.3, 0.4) is 0 Å². The van der Waals surface area contributed by atoms with Crippen LogP contribution in [0.4, 0.5) is 0 Å². The highest BCUT2D eigenvalue weighted by Gasteiger charge is 2.35. The highest BCUT2D eigenvalue weighted by Crippen LogP contribution is 2.36. The Hall–Kier alpha value is -0.820. The molecule has 2 heterocycles. The van der Waals surface area contributed by atoms with E-state index < -0.39 is 10.0 Å². The highest BCUT2D eigenvalue weighted by molar-refractivity contribution is 7.88. The largest absolute Gasteiger partial charge is 0.357 e. The maximum Gasteiger partial charge on any atom is 0.211 e. The molecule has 6 nitrogen and oxygen atoms in total. The molecule has 3 aliphatic rings. The average molecular weight is 371 g/mol. The maximum absolute atomic E-state index is 11.6. The molecule has 2 saturated heterocycles. The summed E-state index contributed by atoms with van der Waals surface area (Å²) in [4.78, 5) is 7.40. The third-order valence-electron chi connectivity index (χ3n) is 6.15. The molecule has 25 heavy (non-hydrogen) atoms. The molecule has 2 aliphatic heterocycles. The Morgan fingerprint density at radius 1 is 1.08 bits per heavy atom. The Balaban J connectivity index is 1.54. The molecule has 1 N–H and O–H groups in total. The van der Waals surface area contributed by atoms with Crippen LogP contribution in [0.1, 0.15) is 45.4 Å². The molecule has 0 aromatic rings. The van der Waals surface area contributed by atoms with Gasteiger partial charge >= 0.3 is 0 Å². The number of nitrogens with one attached hydrogen (secondary N) is 1. The second-order valence-electron chi connectivity index (χ2n) is 8.01. The standard InChI is InChI=1S/C18H34N4O2S/c1-3-19-18(21-13-16-6-4-5-7-17(16)14-21)20-12-15-8-10-22(11-9-15)25(2,23)24/h15-17H,3-14H2,1-2H3,(H,19,20). The average Bonchev–Trinajstić information content (AvgIpc) is 3.02. The first-order valence-corrected chi connectivity index (χ1v) is 11.8. The summed E-state index contributed by atoms with van der Waals surface area (Å²) in [6.07, 6.45) is 8.68. The van der Waals surface area contributed by atoms with Crippen molar-refractivity contribution in [3.05, 3.63) is 0 Å². The molecule has 3 rings (SSSR count). The van der Waals surface area contributed by atoms with Gasteiger partial charge < -0.3 is 10.2 Å². The molecule has 0 aromatic carbocycles. The van der Waals surface area contributed by atoms with Gasteiger partial charge in [-0.3, -0.25) is 4.99 Å². The van der Waals surface area contributed by atoms with Crippen molar-refractivity contribution >= 4 is 16.0 Å². The molecule has 0 amide bonds. The summed E-state index contributed by atoms with van der Waals surface area (Å²) in [5, 5.41) is 3.48. The summed E-state index contributed by atoms with van der Waals surface area (Å²) in [6, 6.07) is 0. The summed E-state index contributed by atoms with van der Waals surface area (Å²) >= 11 is 0.